The smallest absolute Gasteiger partial charge is 0.336 e. The van der Waals surface area contributed by atoms with Crippen LogP contribution in [0.4, 0.5) is 0 Å². The van der Waals surface area contributed by atoms with Crippen molar-refractivity contribution in [3.63, 3.8) is 0 Å². The van der Waals surface area contributed by atoms with Gasteiger partial charge in [0.05, 0.1) is 5.56 Å². The lowest BCUT2D eigenvalue weighted by molar-refractivity contribution is 0.0693. The van der Waals surface area contributed by atoms with E-state index in [1.54, 1.807) is 23.9 Å². The third-order valence-corrected chi connectivity index (χ3v) is 4.91. The van der Waals surface area contributed by atoms with E-state index < -0.39 is 5.97 Å². The fourth-order valence-corrected chi connectivity index (χ4v) is 4.05. The van der Waals surface area contributed by atoms with Gasteiger partial charge in [0.1, 0.15) is 0 Å². The first-order valence-corrected chi connectivity index (χ1v) is 7.53. The van der Waals surface area contributed by atoms with Crippen molar-refractivity contribution in [3.8, 4) is 0 Å². The molecule has 0 spiro atoms. The quantitative estimate of drug-likeness (QED) is 0.887. The Morgan fingerprint density at radius 1 is 1.29 bits per heavy atom. The summed E-state index contributed by atoms with van der Waals surface area (Å²) in [7, 11) is 0. The van der Waals surface area contributed by atoms with Crippen molar-refractivity contribution in [2.45, 2.75) is 42.2 Å². The van der Waals surface area contributed by atoms with Crippen LogP contribution >= 0.6 is 27.7 Å². The second-order valence-corrected chi connectivity index (χ2v) is 6.58. The minimum atomic E-state index is -0.837. The molecule has 2 nitrogen and oxygen atoms in total. The van der Waals surface area contributed by atoms with Gasteiger partial charge in [0.25, 0.3) is 0 Å². The highest BCUT2D eigenvalue weighted by Crippen LogP contribution is 2.36. The van der Waals surface area contributed by atoms with Crippen molar-refractivity contribution >= 4 is 33.7 Å². The molecule has 0 saturated heterocycles. The molecule has 0 radical (unpaired) electrons. The van der Waals surface area contributed by atoms with Crippen LogP contribution in [0.25, 0.3) is 0 Å². The van der Waals surface area contributed by atoms with Crippen molar-refractivity contribution in [2.24, 2.45) is 0 Å². The lowest BCUT2D eigenvalue weighted by atomic mass is 10.0. The Hall–Kier alpha value is -0.480. The minimum Gasteiger partial charge on any atom is -0.478 e. The molecular formula is C13H15BrO2S. The van der Waals surface area contributed by atoms with Crippen molar-refractivity contribution in [2.75, 3.05) is 0 Å². The van der Waals surface area contributed by atoms with Crippen molar-refractivity contribution < 1.29 is 9.90 Å². The van der Waals surface area contributed by atoms with Gasteiger partial charge in [0.2, 0.25) is 0 Å². The molecular weight excluding hydrogens is 300 g/mol. The van der Waals surface area contributed by atoms with Gasteiger partial charge in [-0.1, -0.05) is 35.2 Å². The third-order valence-electron chi connectivity index (χ3n) is 3.02. The largest absolute Gasteiger partial charge is 0.478 e. The molecule has 0 bridgehead atoms. The Kier molecular flexibility index (Phi) is 4.51. The highest BCUT2D eigenvalue weighted by atomic mass is 79.9. The molecule has 0 unspecified atom stereocenters. The van der Waals surface area contributed by atoms with Crippen LogP contribution in [0.1, 0.15) is 42.5 Å². The first-order chi connectivity index (χ1) is 8.16. The lowest BCUT2D eigenvalue weighted by Crippen LogP contribution is -2.09. The zero-order valence-electron chi connectivity index (χ0n) is 9.49. The molecule has 17 heavy (non-hydrogen) atoms. The number of hydrogen-bond donors (Lipinski definition) is 1. The Labute approximate surface area is 114 Å². The summed E-state index contributed by atoms with van der Waals surface area (Å²) in [5.74, 6) is -0.837. The van der Waals surface area contributed by atoms with Crippen LogP contribution in [0.15, 0.2) is 27.6 Å². The Balaban J connectivity index is 2.17. The molecule has 0 aromatic heterocycles. The molecule has 0 atom stereocenters. The molecule has 0 aliphatic heterocycles. The van der Waals surface area contributed by atoms with Gasteiger partial charge in [-0.2, -0.15) is 0 Å². The van der Waals surface area contributed by atoms with E-state index >= 15 is 0 Å². The molecule has 0 heterocycles. The van der Waals surface area contributed by atoms with Gasteiger partial charge in [-0.15, -0.1) is 11.8 Å². The van der Waals surface area contributed by atoms with E-state index in [-0.39, 0.29) is 0 Å². The molecule has 1 aliphatic rings. The molecule has 1 saturated carbocycles. The summed E-state index contributed by atoms with van der Waals surface area (Å²) in [6.45, 7) is 0. The van der Waals surface area contributed by atoms with Gasteiger partial charge in [-0.05, 0) is 31.0 Å². The predicted molar refractivity (Wildman–Crippen MR) is 73.8 cm³/mol. The molecule has 0 amide bonds. The summed E-state index contributed by atoms with van der Waals surface area (Å²) in [4.78, 5) is 12.0. The summed E-state index contributed by atoms with van der Waals surface area (Å²) in [6, 6.07) is 5.38. The number of carboxylic acids is 1. The van der Waals surface area contributed by atoms with Gasteiger partial charge in [0, 0.05) is 14.6 Å². The molecule has 92 valence electrons. The summed E-state index contributed by atoms with van der Waals surface area (Å²) in [6.07, 6.45) is 6.27. The lowest BCUT2D eigenvalue weighted by Gasteiger charge is -2.21. The summed E-state index contributed by atoms with van der Waals surface area (Å²) < 4.78 is 0.945. The maximum atomic E-state index is 11.1. The fourth-order valence-electron chi connectivity index (χ4n) is 2.13. The first-order valence-electron chi connectivity index (χ1n) is 5.86. The van der Waals surface area contributed by atoms with Crippen LogP contribution in [0.5, 0.6) is 0 Å². The number of hydrogen-bond acceptors (Lipinski definition) is 2. The zero-order valence-corrected chi connectivity index (χ0v) is 11.9. The highest BCUT2D eigenvalue weighted by molar-refractivity contribution is 9.10. The molecule has 1 N–H and O–H groups in total. The van der Waals surface area contributed by atoms with E-state index in [4.69, 9.17) is 5.11 Å². The Morgan fingerprint density at radius 3 is 2.65 bits per heavy atom. The number of aromatic carboxylic acids is 1. The number of carbonyl (C=O) groups is 1. The van der Waals surface area contributed by atoms with Gasteiger partial charge in [0.15, 0.2) is 0 Å². The Morgan fingerprint density at radius 2 is 2.00 bits per heavy atom. The second-order valence-electron chi connectivity index (χ2n) is 4.32. The third kappa shape index (κ3) is 3.49. The Bertz CT molecular complexity index is 414. The van der Waals surface area contributed by atoms with Crippen LogP contribution in [-0.2, 0) is 0 Å². The van der Waals surface area contributed by atoms with Crippen molar-refractivity contribution in [3.05, 3.63) is 28.2 Å². The maximum Gasteiger partial charge on any atom is 0.336 e. The number of benzene rings is 1. The SMILES string of the molecule is O=C(O)c1ccc(Br)cc1SC1CCCCC1. The van der Waals surface area contributed by atoms with E-state index in [2.05, 4.69) is 15.9 Å². The number of rotatable bonds is 3. The predicted octanol–water partition coefficient (Wildman–Crippen LogP) is 4.57. The maximum absolute atomic E-state index is 11.1. The fraction of sp³-hybridized carbons (Fsp3) is 0.462. The van der Waals surface area contributed by atoms with Crippen LogP contribution in [0.3, 0.4) is 0 Å². The molecule has 4 heteroatoms. The van der Waals surface area contributed by atoms with Crippen LogP contribution in [0, 0.1) is 0 Å². The minimum absolute atomic E-state index is 0.420. The van der Waals surface area contributed by atoms with Crippen molar-refractivity contribution in [1.82, 2.24) is 0 Å². The standard InChI is InChI=1S/C13H15BrO2S/c14-9-6-7-11(13(15)16)12(8-9)17-10-4-2-1-3-5-10/h6-8,10H,1-5H2,(H,15,16). The zero-order chi connectivity index (χ0) is 12.3. The van der Waals surface area contributed by atoms with Crippen LogP contribution in [0.2, 0.25) is 0 Å². The topological polar surface area (TPSA) is 37.3 Å². The second kappa shape index (κ2) is 5.91. The van der Waals surface area contributed by atoms with E-state index in [0.717, 1.165) is 9.37 Å². The summed E-state index contributed by atoms with van der Waals surface area (Å²) in [5, 5.41) is 9.74. The number of carboxylic acid groups (broad SMARTS) is 1. The molecule has 1 aromatic rings. The van der Waals surface area contributed by atoms with Gasteiger partial charge < -0.3 is 5.11 Å². The van der Waals surface area contributed by atoms with E-state index in [9.17, 15) is 4.79 Å². The van der Waals surface area contributed by atoms with Crippen LogP contribution in [-0.4, -0.2) is 16.3 Å². The van der Waals surface area contributed by atoms with Crippen molar-refractivity contribution in [1.29, 1.82) is 0 Å². The molecule has 2 rings (SSSR count). The number of thioether (sulfide) groups is 1. The molecule has 1 aliphatic carbocycles. The average Bonchev–Trinajstić information content (AvgIpc) is 2.30. The van der Waals surface area contributed by atoms with Gasteiger partial charge >= 0.3 is 5.97 Å². The normalized spacial score (nSPS) is 17.0. The summed E-state index contributed by atoms with van der Waals surface area (Å²) >= 11 is 5.13. The van der Waals surface area contributed by atoms with Gasteiger partial charge in [-0.3, -0.25) is 0 Å². The van der Waals surface area contributed by atoms with E-state index in [1.165, 1.54) is 32.1 Å². The molecule has 1 aromatic carbocycles. The highest BCUT2D eigenvalue weighted by Gasteiger charge is 2.18. The number of halogens is 1. The van der Waals surface area contributed by atoms with Gasteiger partial charge in [-0.25, -0.2) is 4.79 Å². The van der Waals surface area contributed by atoms with E-state index in [0.29, 0.717) is 10.8 Å². The molecule has 1 fully saturated rings. The monoisotopic (exact) mass is 314 g/mol. The summed E-state index contributed by atoms with van der Waals surface area (Å²) in [5.41, 5.74) is 0.420. The van der Waals surface area contributed by atoms with E-state index in [1.807, 2.05) is 6.07 Å². The van der Waals surface area contributed by atoms with Crippen LogP contribution < -0.4 is 0 Å². The average molecular weight is 315 g/mol. The first kappa shape index (κ1) is 13.0.